The van der Waals surface area contributed by atoms with Crippen molar-refractivity contribution in [3.05, 3.63) is 20.8 Å². The Labute approximate surface area is 93.1 Å². The minimum Gasteiger partial charge on any atom is -0.352 e. The summed E-state index contributed by atoms with van der Waals surface area (Å²) >= 11 is 0. The second kappa shape index (κ2) is 4.48. The van der Waals surface area contributed by atoms with Crippen molar-refractivity contribution in [3.8, 4) is 0 Å². The van der Waals surface area contributed by atoms with Crippen molar-refractivity contribution in [3.63, 3.8) is 0 Å². The molecule has 0 bridgehead atoms. The predicted molar refractivity (Wildman–Crippen MR) is 61.6 cm³/mol. The zero-order valence-electron chi connectivity index (χ0n) is 9.97. The Morgan fingerprint density at radius 2 is 2.00 bits per heavy atom. The van der Waals surface area contributed by atoms with E-state index in [2.05, 4.69) is 5.10 Å². The fraction of sp³-hybridized carbons (Fsp3) is 0.667. The number of rotatable bonds is 3. The molecule has 1 rings (SSSR count). The summed E-state index contributed by atoms with van der Waals surface area (Å²) in [7, 11) is 4.65. The number of hydrogen-bond donors (Lipinski definition) is 1. The van der Waals surface area contributed by atoms with Gasteiger partial charge >= 0.3 is 5.69 Å². The minimum absolute atomic E-state index is 0.0752. The van der Waals surface area contributed by atoms with Crippen LogP contribution in [0.1, 0.15) is 6.92 Å². The van der Waals surface area contributed by atoms with Crippen LogP contribution in [0.3, 0.4) is 0 Å². The molecule has 7 heteroatoms. The van der Waals surface area contributed by atoms with Gasteiger partial charge in [-0.05, 0) is 6.92 Å². The second-order valence-corrected chi connectivity index (χ2v) is 3.95. The molecule has 0 aliphatic heterocycles. The highest BCUT2D eigenvalue weighted by molar-refractivity contribution is 5.33. The molecule has 16 heavy (non-hydrogen) atoms. The van der Waals surface area contributed by atoms with Crippen LogP contribution in [-0.4, -0.2) is 34.0 Å². The van der Waals surface area contributed by atoms with E-state index in [1.54, 1.807) is 11.9 Å². The lowest BCUT2D eigenvalue weighted by Crippen LogP contribution is -2.44. The van der Waals surface area contributed by atoms with Crippen LogP contribution >= 0.6 is 0 Å². The van der Waals surface area contributed by atoms with E-state index in [-0.39, 0.29) is 11.9 Å². The van der Waals surface area contributed by atoms with Crippen molar-refractivity contribution in [1.29, 1.82) is 0 Å². The monoisotopic (exact) mass is 227 g/mol. The van der Waals surface area contributed by atoms with E-state index in [1.165, 1.54) is 14.1 Å². The van der Waals surface area contributed by atoms with Gasteiger partial charge in [-0.15, -0.1) is 5.10 Å². The number of nitrogens with two attached hydrogens (primary N) is 1. The number of nitrogens with zero attached hydrogens (tertiary/aromatic N) is 4. The van der Waals surface area contributed by atoms with Crippen LogP contribution in [0.25, 0.3) is 0 Å². The third kappa shape index (κ3) is 2.30. The van der Waals surface area contributed by atoms with Gasteiger partial charge in [0.05, 0.1) is 0 Å². The Morgan fingerprint density at radius 3 is 2.50 bits per heavy atom. The van der Waals surface area contributed by atoms with Gasteiger partial charge in [0.15, 0.2) is 0 Å². The largest absolute Gasteiger partial charge is 0.352 e. The van der Waals surface area contributed by atoms with E-state index < -0.39 is 11.2 Å². The van der Waals surface area contributed by atoms with Gasteiger partial charge in [0.1, 0.15) is 0 Å². The number of aryl methyl sites for hydroxylation is 1. The van der Waals surface area contributed by atoms with Crippen LogP contribution in [0.5, 0.6) is 0 Å². The van der Waals surface area contributed by atoms with E-state index >= 15 is 0 Å². The molecule has 0 aromatic carbocycles. The van der Waals surface area contributed by atoms with Crippen molar-refractivity contribution >= 4 is 5.82 Å². The van der Waals surface area contributed by atoms with Gasteiger partial charge in [-0.2, -0.15) is 0 Å². The van der Waals surface area contributed by atoms with Crippen LogP contribution in [0, 0.1) is 0 Å². The standard InChI is InChI=1S/C9H17N5O2/c1-6(10)5-12(2)7-8(15)13(3)9(16)14(4)11-7/h6H,5,10H2,1-4H3. The van der Waals surface area contributed by atoms with Gasteiger partial charge in [0, 0.05) is 33.7 Å². The Morgan fingerprint density at radius 1 is 1.44 bits per heavy atom. The summed E-state index contributed by atoms with van der Waals surface area (Å²) in [4.78, 5) is 24.8. The van der Waals surface area contributed by atoms with E-state index in [0.29, 0.717) is 6.54 Å². The normalized spacial score (nSPS) is 12.6. The van der Waals surface area contributed by atoms with Gasteiger partial charge in [-0.3, -0.25) is 9.36 Å². The molecule has 0 aliphatic carbocycles. The first kappa shape index (κ1) is 12.4. The Kier molecular flexibility index (Phi) is 3.48. The summed E-state index contributed by atoms with van der Waals surface area (Å²) < 4.78 is 2.16. The summed E-state index contributed by atoms with van der Waals surface area (Å²) in [5, 5.41) is 3.93. The maximum Gasteiger partial charge on any atom is 0.346 e. The molecule has 1 aromatic heterocycles. The molecule has 1 aromatic rings. The highest BCUT2D eigenvalue weighted by Crippen LogP contribution is 1.98. The summed E-state index contributed by atoms with van der Waals surface area (Å²) in [6.07, 6.45) is 0. The molecule has 0 amide bonds. The van der Waals surface area contributed by atoms with Gasteiger partial charge in [-0.1, -0.05) is 0 Å². The molecule has 1 heterocycles. The van der Waals surface area contributed by atoms with E-state index in [0.717, 1.165) is 9.25 Å². The quantitative estimate of drug-likeness (QED) is 0.662. The highest BCUT2D eigenvalue weighted by Gasteiger charge is 2.13. The smallest absolute Gasteiger partial charge is 0.346 e. The molecular weight excluding hydrogens is 210 g/mol. The lowest BCUT2D eigenvalue weighted by atomic mass is 10.3. The molecule has 0 saturated heterocycles. The van der Waals surface area contributed by atoms with Crippen molar-refractivity contribution in [2.24, 2.45) is 19.8 Å². The van der Waals surface area contributed by atoms with Crippen LogP contribution in [0.2, 0.25) is 0 Å². The van der Waals surface area contributed by atoms with Crippen molar-refractivity contribution < 1.29 is 0 Å². The Bertz CT molecular complexity index is 488. The van der Waals surface area contributed by atoms with Gasteiger partial charge in [0.2, 0.25) is 5.82 Å². The molecule has 0 aliphatic rings. The highest BCUT2D eigenvalue weighted by atomic mass is 16.2. The Balaban J connectivity index is 3.26. The lowest BCUT2D eigenvalue weighted by molar-refractivity contribution is 0.588. The molecule has 2 N–H and O–H groups in total. The zero-order valence-corrected chi connectivity index (χ0v) is 9.97. The maximum atomic E-state index is 11.8. The average Bonchev–Trinajstić information content (AvgIpc) is 2.19. The summed E-state index contributed by atoms with van der Waals surface area (Å²) in [5.74, 6) is 0.224. The first-order valence-corrected chi connectivity index (χ1v) is 4.95. The third-order valence-corrected chi connectivity index (χ3v) is 2.23. The van der Waals surface area contributed by atoms with Gasteiger partial charge in [0.25, 0.3) is 5.56 Å². The predicted octanol–water partition coefficient (Wildman–Crippen LogP) is -1.74. The molecule has 0 radical (unpaired) electrons. The summed E-state index contributed by atoms with van der Waals surface area (Å²) in [6.45, 7) is 2.34. The molecule has 1 atom stereocenters. The molecular formula is C9H17N5O2. The zero-order chi connectivity index (χ0) is 12.5. The van der Waals surface area contributed by atoms with Crippen LogP contribution in [-0.2, 0) is 14.1 Å². The first-order chi connectivity index (χ1) is 7.34. The van der Waals surface area contributed by atoms with Gasteiger partial charge in [-0.25, -0.2) is 9.48 Å². The fourth-order valence-corrected chi connectivity index (χ4v) is 1.44. The molecule has 7 nitrogen and oxygen atoms in total. The lowest BCUT2D eigenvalue weighted by Gasteiger charge is -2.19. The number of anilines is 1. The molecule has 0 saturated carbocycles. The minimum atomic E-state index is -0.442. The number of likely N-dealkylation sites (N-methyl/N-ethyl adjacent to an activating group) is 1. The SMILES string of the molecule is CC(N)CN(C)c1nn(C)c(=O)n(C)c1=O. The average molecular weight is 227 g/mol. The molecule has 90 valence electrons. The molecule has 0 spiro atoms. The van der Waals surface area contributed by atoms with E-state index in [4.69, 9.17) is 5.73 Å². The summed E-state index contributed by atoms with van der Waals surface area (Å²) in [5.41, 5.74) is 4.79. The van der Waals surface area contributed by atoms with Crippen LogP contribution in [0.15, 0.2) is 9.59 Å². The Hall–Kier alpha value is -1.63. The van der Waals surface area contributed by atoms with Crippen LogP contribution < -0.4 is 21.9 Å². The number of aromatic nitrogens is 3. The van der Waals surface area contributed by atoms with E-state index in [9.17, 15) is 9.59 Å². The topological polar surface area (TPSA) is 86.2 Å². The maximum absolute atomic E-state index is 11.8. The third-order valence-electron chi connectivity index (χ3n) is 2.23. The summed E-state index contributed by atoms with van der Waals surface area (Å²) in [6, 6.07) is -0.0752. The molecule has 0 fully saturated rings. The second-order valence-electron chi connectivity index (χ2n) is 3.95. The first-order valence-electron chi connectivity index (χ1n) is 4.95. The van der Waals surface area contributed by atoms with E-state index in [1.807, 2.05) is 6.92 Å². The van der Waals surface area contributed by atoms with Crippen molar-refractivity contribution in [2.75, 3.05) is 18.5 Å². The molecule has 1 unspecified atom stereocenters. The number of hydrogen-bond acceptors (Lipinski definition) is 5. The van der Waals surface area contributed by atoms with Crippen molar-refractivity contribution in [2.45, 2.75) is 13.0 Å². The van der Waals surface area contributed by atoms with Gasteiger partial charge < -0.3 is 10.6 Å². The van der Waals surface area contributed by atoms with Crippen molar-refractivity contribution in [1.82, 2.24) is 14.3 Å². The van der Waals surface area contributed by atoms with Crippen LogP contribution in [0.4, 0.5) is 5.82 Å². The fourth-order valence-electron chi connectivity index (χ4n) is 1.44.